The minimum Gasteiger partial charge on any atom is -0.458 e. The van der Waals surface area contributed by atoms with Gasteiger partial charge in [-0.3, -0.25) is 14.4 Å². The van der Waals surface area contributed by atoms with Crippen molar-refractivity contribution in [2.45, 2.75) is 85.4 Å². The molecule has 0 aromatic heterocycles. The number of ether oxygens (including phenoxy) is 1. The molecule has 2 N–H and O–H groups in total. The summed E-state index contributed by atoms with van der Waals surface area (Å²) in [6.07, 6.45) is 0.0179. The van der Waals surface area contributed by atoms with Crippen LogP contribution in [-0.2, 0) is 23.9 Å². The summed E-state index contributed by atoms with van der Waals surface area (Å²) >= 11 is 0.417. The Hall–Kier alpha value is -1.41. The Morgan fingerprint density at radius 1 is 1.04 bits per heavy atom. The van der Waals surface area contributed by atoms with E-state index in [-0.39, 0.29) is 18.9 Å². The Kier molecular flexibility index (Phi) is 8.71. The number of esters is 1. The van der Waals surface area contributed by atoms with Crippen LogP contribution in [0, 0.1) is 5.92 Å². The Morgan fingerprint density at radius 2 is 1.52 bits per heavy atom. The van der Waals surface area contributed by atoms with Gasteiger partial charge in [-0.15, -0.1) is 0 Å². The molecule has 0 saturated carbocycles. The molecule has 0 spiro atoms. The first-order chi connectivity index (χ1) is 12.0. The second-order valence-corrected chi connectivity index (χ2v) is 10.1. The molecule has 0 aliphatic carbocycles. The van der Waals surface area contributed by atoms with Crippen LogP contribution in [0.15, 0.2) is 0 Å². The van der Waals surface area contributed by atoms with Crippen molar-refractivity contribution in [3.05, 3.63) is 0 Å². The fraction of sp³-hybridized carbons (Fsp3) is 0.789. The average Bonchev–Trinajstić information content (AvgIpc) is 2.41. The average molecular weight is 403 g/mol. The molecule has 0 unspecified atom stereocenters. The zero-order valence-corrected chi connectivity index (χ0v) is 18.8. The maximum Gasteiger partial charge on any atom is 0.341 e. The van der Waals surface area contributed by atoms with E-state index in [1.807, 2.05) is 13.8 Å². The molecule has 7 nitrogen and oxygen atoms in total. The number of nitrogens with two attached hydrogens (primary N) is 1. The molecule has 0 saturated heterocycles. The lowest BCUT2D eigenvalue weighted by Crippen LogP contribution is -2.69. The topological polar surface area (TPSA) is 107 Å². The van der Waals surface area contributed by atoms with Crippen LogP contribution in [0.2, 0.25) is 0 Å². The monoisotopic (exact) mass is 402 g/mol. The number of hydrogen-bond acceptors (Lipinski definition) is 7. The third-order valence-corrected chi connectivity index (χ3v) is 4.30. The molecule has 0 aromatic carbocycles. The van der Waals surface area contributed by atoms with Gasteiger partial charge in [0.15, 0.2) is 5.12 Å². The van der Waals surface area contributed by atoms with Gasteiger partial charge in [0.2, 0.25) is 16.6 Å². The van der Waals surface area contributed by atoms with Crippen LogP contribution < -0.4 is 5.73 Å². The van der Waals surface area contributed by atoms with Crippen LogP contribution in [0.25, 0.3) is 0 Å². The van der Waals surface area contributed by atoms with Gasteiger partial charge < -0.3 is 15.4 Å². The molecule has 1 atom stereocenters. The molecular formula is C19H34N2O5S. The van der Waals surface area contributed by atoms with Crippen LogP contribution in [0.3, 0.4) is 0 Å². The van der Waals surface area contributed by atoms with E-state index in [9.17, 15) is 19.2 Å². The van der Waals surface area contributed by atoms with E-state index in [0.29, 0.717) is 11.8 Å². The van der Waals surface area contributed by atoms with Crippen LogP contribution in [0.1, 0.15) is 68.7 Å². The molecule has 1 amide bonds. The molecule has 0 aromatic rings. The van der Waals surface area contributed by atoms with Crippen molar-refractivity contribution in [2.75, 3.05) is 6.54 Å². The molecule has 0 aliphatic heterocycles. The third kappa shape index (κ3) is 6.92. The third-order valence-electron chi connectivity index (χ3n) is 3.49. The molecule has 0 bridgehead atoms. The number of hydrogen-bond donors (Lipinski definition) is 1. The minimum absolute atomic E-state index is 0.0179. The fourth-order valence-electron chi connectivity index (χ4n) is 2.94. The summed E-state index contributed by atoms with van der Waals surface area (Å²) in [6.45, 7) is 14.7. The zero-order chi connectivity index (χ0) is 21.8. The fourth-order valence-corrected chi connectivity index (χ4v) is 3.63. The molecule has 0 radical (unpaired) electrons. The van der Waals surface area contributed by atoms with Crippen molar-refractivity contribution < 1.29 is 23.9 Å². The maximum absolute atomic E-state index is 13.3. The summed E-state index contributed by atoms with van der Waals surface area (Å²) in [4.78, 5) is 52.3. The first-order valence-corrected chi connectivity index (χ1v) is 9.80. The van der Waals surface area contributed by atoms with Gasteiger partial charge in [0, 0.05) is 12.5 Å². The van der Waals surface area contributed by atoms with Crippen LogP contribution in [-0.4, -0.2) is 50.2 Å². The molecule has 27 heavy (non-hydrogen) atoms. The highest BCUT2D eigenvalue weighted by atomic mass is 32.2. The number of thioether (sulfide) groups is 1. The normalized spacial score (nSPS) is 14.5. The highest BCUT2D eigenvalue weighted by Gasteiger charge is 2.58. The summed E-state index contributed by atoms with van der Waals surface area (Å²) in [5.74, 6) is -1.55. The number of rotatable bonds is 6. The van der Waals surface area contributed by atoms with E-state index in [2.05, 4.69) is 0 Å². The first-order valence-electron chi connectivity index (χ1n) is 8.98. The molecule has 0 aliphatic rings. The lowest BCUT2D eigenvalue weighted by Gasteiger charge is -2.48. The van der Waals surface area contributed by atoms with E-state index in [4.69, 9.17) is 10.5 Å². The highest BCUT2D eigenvalue weighted by molar-refractivity contribution is 8.26. The van der Waals surface area contributed by atoms with Gasteiger partial charge in [0.1, 0.15) is 5.60 Å². The van der Waals surface area contributed by atoms with Crippen molar-refractivity contribution in [3.63, 3.8) is 0 Å². The summed E-state index contributed by atoms with van der Waals surface area (Å²) in [5.41, 5.74) is 1.86. The molecule has 0 fully saturated rings. The lowest BCUT2D eigenvalue weighted by molar-refractivity contribution is -0.181. The molecular weight excluding hydrogens is 368 g/mol. The SMILES string of the molecule is CC(=O)SC(=O)[C@@](CC(C)C)(C(=O)OC(C)(C)C)N(C(=O)CN)C(C)(C)C. The Morgan fingerprint density at radius 3 is 1.81 bits per heavy atom. The zero-order valence-electron chi connectivity index (χ0n) is 18.0. The van der Waals surface area contributed by atoms with Crippen molar-refractivity contribution in [1.82, 2.24) is 4.90 Å². The van der Waals surface area contributed by atoms with Gasteiger partial charge >= 0.3 is 5.97 Å². The van der Waals surface area contributed by atoms with Gasteiger partial charge in [0.25, 0.3) is 0 Å². The van der Waals surface area contributed by atoms with Gasteiger partial charge in [-0.1, -0.05) is 13.8 Å². The number of nitrogens with zero attached hydrogens (tertiary/aromatic N) is 1. The number of amides is 1. The summed E-state index contributed by atoms with van der Waals surface area (Å²) in [5, 5.41) is -1.19. The maximum atomic E-state index is 13.3. The van der Waals surface area contributed by atoms with E-state index in [1.165, 1.54) is 11.8 Å². The number of carbonyl (C=O) groups is 4. The van der Waals surface area contributed by atoms with Crippen molar-refractivity contribution in [3.8, 4) is 0 Å². The molecule has 0 rings (SSSR count). The smallest absolute Gasteiger partial charge is 0.341 e. The Balaban J connectivity index is 6.83. The Bertz CT molecular complexity index is 590. The summed E-state index contributed by atoms with van der Waals surface area (Å²) in [6, 6.07) is 0. The second-order valence-electron chi connectivity index (χ2n) is 8.95. The lowest BCUT2D eigenvalue weighted by atomic mass is 9.84. The predicted molar refractivity (Wildman–Crippen MR) is 107 cm³/mol. The van der Waals surface area contributed by atoms with Crippen molar-refractivity contribution in [1.29, 1.82) is 0 Å². The second kappa shape index (κ2) is 9.19. The van der Waals surface area contributed by atoms with Gasteiger partial charge in [-0.05, 0) is 65.6 Å². The van der Waals surface area contributed by atoms with Crippen molar-refractivity contribution >= 4 is 33.9 Å². The van der Waals surface area contributed by atoms with Crippen LogP contribution >= 0.6 is 11.8 Å². The quantitative estimate of drug-likeness (QED) is 0.537. The van der Waals surface area contributed by atoms with E-state index >= 15 is 0 Å². The van der Waals surface area contributed by atoms with E-state index in [1.54, 1.807) is 41.5 Å². The Labute approximate surface area is 166 Å². The van der Waals surface area contributed by atoms with Gasteiger partial charge in [0.05, 0.1) is 6.54 Å². The minimum atomic E-state index is -1.95. The largest absolute Gasteiger partial charge is 0.458 e. The summed E-state index contributed by atoms with van der Waals surface area (Å²) in [7, 11) is 0. The molecule has 8 heteroatoms. The van der Waals surface area contributed by atoms with Crippen LogP contribution in [0.5, 0.6) is 0 Å². The predicted octanol–water partition coefficient (Wildman–Crippen LogP) is 2.51. The standard InChI is InChI=1S/C19H34N2O5S/c1-12(2)10-19(16(25)27-13(3)22,15(24)26-18(7,8)9)21(14(23)11-20)17(4,5)6/h12H,10-11,20H2,1-9H3/t19-/m1/s1. The van der Waals surface area contributed by atoms with E-state index < -0.39 is 38.8 Å². The highest BCUT2D eigenvalue weighted by Crippen LogP contribution is 2.37. The molecule has 0 heterocycles. The van der Waals surface area contributed by atoms with Gasteiger partial charge in [-0.25, -0.2) is 4.79 Å². The summed E-state index contributed by atoms with van der Waals surface area (Å²) < 4.78 is 5.56. The van der Waals surface area contributed by atoms with Gasteiger partial charge in [-0.2, -0.15) is 0 Å². The van der Waals surface area contributed by atoms with E-state index in [0.717, 1.165) is 0 Å². The first kappa shape index (κ1) is 25.6. The molecule has 156 valence electrons. The van der Waals surface area contributed by atoms with Crippen LogP contribution in [0.4, 0.5) is 0 Å². The number of carbonyl (C=O) groups excluding carboxylic acids is 4. The van der Waals surface area contributed by atoms with Crippen molar-refractivity contribution in [2.24, 2.45) is 11.7 Å².